The van der Waals surface area contributed by atoms with E-state index >= 15 is 0 Å². The molecule has 22 heavy (non-hydrogen) atoms. The van der Waals surface area contributed by atoms with E-state index in [-0.39, 0.29) is 17.9 Å². The highest BCUT2D eigenvalue weighted by Crippen LogP contribution is 2.25. The maximum atomic E-state index is 12.1. The third-order valence-electron chi connectivity index (χ3n) is 4.11. The van der Waals surface area contributed by atoms with Crippen LogP contribution in [0.4, 0.5) is 0 Å². The summed E-state index contributed by atoms with van der Waals surface area (Å²) in [7, 11) is 1.36. The number of methoxy groups -OCH3 is 1. The molecule has 0 spiro atoms. The minimum atomic E-state index is -0.371. The molecular weight excluding hydrogens is 298 g/mol. The molecule has 0 bridgehead atoms. The van der Waals surface area contributed by atoms with Gasteiger partial charge in [0, 0.05) is 10.9 Å². The van der Waals surface area contributed by atoms with Crippen molar-refractivity contribution >= 4 is 23.6 Å². The van der Waals surface area contributed by atoms with Crippen molar-refractivity contribution in [1.29, 1.82) is 0 Å². The first-order valence-electron chi connectivity index (χ1n) is 7.71. The Hall–Kier alpha value is -1.49. The molecule has 1 amide bonds. The van der Waals surface area contributed by atoms with Crippen molar-refractivity contribution in [2.24, 2.45) is 5.92 Å². The number of rotatable bonds is 5. The van der Waals surface area contributed by atoms with Crippen LogP contribution in [0.1, 0.15) is 43.0 Å². The van der Waals surface area contributed by atoms with Gasteiger partial charge in [-0.05, 0) is 30.9 Å². The monoisotopic (exact) mass is 321 g/mol. The number of nitrogens with one attached hydrogen (secondary N) is 1. The van der Waals surface area contributed by atoms with Crippen molar-refractivity contribution in [3.63, 3.8) is 0 Å². The normalized spacial score (nSPS) is 21.2. The maximum absolute atomic E-state index is 12.1. The van der Waals surface area contributed by atoms with Crippen molar-refractivity contribution < 1.29 is 14.3 Å². The number of amides is 1. The predicted octanol–water partition coefficient (Wildman–Crippen LogP) is 3.26. The molecule has 1 N–H and O–H groups in total. The lowest BCUT2D eigenvalue weighted by atomic mass is 9.86. The first-order chi connectivity index (χ1) is 10.6. The van der Waals surface area contributed by atoms with Gasteiger partial charge in [0.15, 0.2) is 0 Å². The van der Waals surface area contributed by atoms with E-state index in [2.05, 4.69) is 12.2 Å². The average molecular weight is 321 g/mol. The number of hydrogen-bond acceptors (Lipinski definition) is 4. The Morgan fingerprint density at radius 1 is 1.27 bits per heavy atom. The second kappa shape index (κ2) is 8.22. The highest BCUT2D eigenvalue weighted by molar-refractivity contribution is 8.00. The Labute approximate surface area is 136 Å². The fourth-order valence-electron chi connectivity index (χ4n) is 2.79. The lowest BCUT2D eigenvalue weighted by molar-refractivity contribution is -0.119. The zero-order valence-corrected chi connectivity index (χ0v) is 13.9. The molecule has 2 atom stereocenters. The Kier molecular flexibility index (Phi) is 6.31. The van der Waals surface area contributed by atoms with Gasteiger partial charge in [0.25, 0.3) is 0 Å². The maximum Gasteiger partial charge on any atom is 0.338 e. The van der Waals surface area contributed by atoms with Crippen molar-refractivity contribution in [2.45, 2.75) is 43.5 Å². The molecule has 0 aromatic heterocycles. The van der Waals surface area contributed by atoms with E-state index in [9.17, 15) is 9.59 Å². The van der Waals surface area contributed by atoms with E-state index in [1.807, 2.05) is 12.1 Å². The Bertz CT molecular complexity index is 532. The lowest BCUT2D eigenvalue weighted by Crippen LogP contribution is -2.41. The predicted molar refractivity (Wildman–Crippen MR) is 88.1 cm³/mol. The zero-order chi connectivity index (χ0) is 15.9. The van der Waals surface area contributed by atoms with Crippen LogP contribution >= 0.6 is 11.8 Å². The van der Waals surface area contributed by atoms with Crippen molar-refractivity contribution in [3.8, 4) is 0 Å². The number of benzene rings is 1. The molecule has 2 unspecified atom stereocenters. The molecule has 1 aromatic rings. The summed E-state index contributed by atoms with van der Waals surface area (Å²) in [6.07, 6.45) is 4.70. The quantitative estimate of drug-likeness (QED) is 0.668. The van der Waals surface area contributed by atoms with E-state index < -0.39 is 0 Å². The number of carbonyl (C=O) groups is 2. The Morgan fingerprint density at radius 3 is 2.73 bits per heavy atom. The molecule has 2 rings (SSSR count). The van der Waals surface area contributed by atoms with Crippen LogP contribution < -0.4 is 5.32 Å². The molecule has 0 aliphatic heterocycles. The van der Waals surface area contributed by atoms with E-state index in [4.69, 9.17) is 4.74 Å². The molecule has 4 nitrogen and oxygen atoms in total. The summed E-state index contributed by atoms with van der Waals surface area (Å²) in [4.78, 5) is 24.6. The molecule has 0 saturated heterocycles. The number of thioether (sulfide) groups is 1. The molecule has 1 aliphatic rings. The second-order valence-electron chi connectivity index (χ2n) is 5.71. The van der Waals surface area contributed by atoms with Gasteiger partial charge in [-0.15, -0.1) is 11.8 Å². The van der Waals surface area contributed by atoms with Gasteiger partial charge < -0.3 is 10.1 Å². The fourth-order valence-corrected chi connectivity index (χ4v) is 3.65. The van der Waals surface area contributed by atoms with Gasteiger partial charge in [-0.3, -0.25) is 4.79 Å². The topological polar surface area (TPSA) is 55.4 Å². The number of ether oxygens (including phenoxy) is 1. The Balaban J connectivity index is 1.90. The summed E-state index contributed by atoms with van der Waals surface area (Å²) >= 11 is 1.38. The third kappa shape index (κ3) is 4.50. The molecular formula is C17H23NO3S. The van der Waals surface area contributed by atoms with Crippen LogP contribution in [0.25, 0.3) is 0 Å². The number of esters is 1. The van der Waals surface area contributed by atoms with Crippen molar-refractivity contribution in [1.82, 2.24) is 5.32 Å². The SMILES string of the molecule is COC(=O)c1ccccc1SCC(=O)NC1CCCCC1C. The van der Waals surface area contributed by atoms with E-state index in [1.54, 1.807) is 12.1 Å². The molecule has 5 heteroatoms. The summed E-state index contributed by atoms with van der Waals surface area (Å²) < 4.78 is 4.77. The van der Waals surface area contributed by atoms with Crippen LogP contribution in [-0.4, -0.2) is 30.8 Å². The highest BCUT2D eigenvalue weighted by Gasteiger charge is 2.23. The van der Waals surface area contributed by atoms with E-state index in [1.165, 1.54) is 38.1 Å². The van der Waals surface area contributed by atoms with Gasteiger partial charge in [0.1, 0.15) is 0 Å². The summed E-state index contributed by atoms with van der Waals surface area (Å²) in [5.74, 6) is 0.523. The van der Waals surface area contributed by atoms with Gasteiger partial charge in [-0.25, -0.2) is 4.79 Å². The van der Waals surface area contributed by atoms with Crippen LogP contribution in [0, 0.1) is 5.92 Å². The standard InChI is InChI=1S/C17H23NO3S/c1-12-7-3-5-9-14(12)18-16(19)11-22-15-10-6-4-8-13(15)17(20)21-2/h4,6,8,10,12,14H,3,5,7,9,11H2,1-2H3,(H,18,19). The van der Waals surface area contributed by atoms with Crippen LogP contribution in [0.5, 0.6) is 0 Å². The molecule has 1 aliphatic carbocycles. The van der Waals surface area contributed by atoms with Crippen LogP contribution in [0.2, 0.25) is 0 Å². The van der Waals surface area contributed by atoms with Crippen LogP contribution in [-0.2, 0) is 9.53 Å². The summed E-state index contributed by atoms with van der Waals surface area (Å²) in [5, 5.41) is 3.13. The number of carbonyl (C=O) groups excluding carboxylic acids is 2. The van der Waals surface area contributed by atoms with Gasteiger partial charge in [-0.1, -0.05) is 31.9 Å². The molecule has 1 saturated carbocycles. The largest absolute Gasteiger partial charge is 0.465 e. The van der Waals surface area contributed by atoms with Gasteiger partial charge in [0.05, 0.1) is 18.4 Å². The van der Waals surface area contributed by atoms with Gasteiger partial charge in [-0.2, -0.15) is 0 Å². The Morgan fingerprint density at radius 2 is 2.00 bits per heavy atom. The summed E-state index contributed by atoms with van der Waals surface area (Å²) in [6.45, 7) is 2.20. The molecule has 0 heterocycles. The highest BCUT2D eigenvalue weighted by atomic mass is 32.2. The molecule has 0 radical (unpaired) electrons. The van der Waals surface area contributed by atoms with Crippen molar-refractivity contribution in [2.75, 3.05) is 12.9 Å². The smallest absolute Gasteiger partial charge is 0.338 e. The van der Waals surface area contributed by atoms with E-state index in [0.717, 1.165) is 11.3 Å². The molecule has 1 fully saturated rings. The lowest BCUT2D eigenvalue weighted by Gasteiger charge is -2.29. The van der Waals surface area contributed by atoms with Crippen molar-refractivity contribution in [3.05, 3.63) is 29.8 Å². The summed E-state index contributed by atoms with van der Waals surface area (Å²) in [5.41, 5.74) is 0.508. The van der Waals surface area contributed by atoms with Crippen LogP contribution in [0.3, 0.4) is 0 Å². The third-order valence-corrected chi connectivity index (χ3v) is 5.18. The van der Waals surface area contributed by atoms with Gasteiger partial charge >= 0.3 is 5.97 Å². The average Bonchev–Trinajstić information content (AvgIpc) is 2.54. The van der Waals surface area contributed by atoms with Crippen LogP contribution in [0.15, 0.2) is 29.2 Å². The van der Waals surface area contributed by atoms with Gasteiger partial charge in [0.2, 0.25) is 5.91 Å². The first-order valence-corrected chi connectivity index (χ1v) is 8.70. The van der Waals surface area contributed by atoms with E-state index in [0.29, 0.717) is 17.2 Å². The second-order valence-corrected chi connectivity index (χ2v) is 6.73. The zero-order valence-electron chi connectivity index (χ0n) is 13.1. The molecule has 120 valence electrons. The fraction of sp³-hybridized carbons (Fsp3) is 0.529. The summed E-state index contributed by atoms with van der Waals surface area (Å²) in [6, 6.07) is 7.50. The number of hydrogen-bond donors (Lipinski definition) is 1. The minimum absolute atomic E-state index is 0.0309. The molecule has 1 aromatic carbocycles. The first kappa shape index (κ1) is 16.9. The minimum Gasteiger partial charge on any atom is -0.465 e.